The number of pyridine rings is 1. The number of aliphatic hydroxyl groups is 1. The highest BCUT2D eigenvalue weighted by molar-refractivity contribution is 6.51. The minimum atomic E-state index is -0.842. The molecule has 34 heavy (non-hydrogen) atoms. The Balaban J connectivity index is 1.83. The van der Waals surface area contributed by atoms with Crippen LogP contribution >= 0.6 is 0 Å². The van der Waals surface area contributed by atoms with Crippen LogP contribution in [0.2, 0.25) is 0 Å². The van der Waals surface area contributed by atoms with Crippen LogP contribution < -0.4 is 14.4 Å². The molecule has 0 radical (unpaired) electrons. The zero-order valence-electron chi connectivity index (χ0n) is 19.3. The first-order chi connectivity index (χ1) is 16.4. The van der Waals surface area contributed by atoms with Crippen LogP contribution in [0.15, 0.2) is 78.6 Å². The van der Waals surface area contributed by atoms with E-state index in [0.29, 0.717) is 40.8 Å². The van der Waals surface area contributed by atoms with Crippen molar-refractivity contribution < 1.29 is 24.2 Å². The average Bonchev–Trinajstić information content (AvgIpc) is 3.13. The number of aliphatic hydroxyl groups excluding tert-OH is 1. The highest BCUT2D eigenvalue weighted by atomic mass is 16.5. The summed E-state index contributed by atoms with van der Waals surface area (Å²) >= 11 is 0. The monoisotopic (exact) mass is 458 g/mol. The molecule has 174 valence electrons. The van der Waals surface area contributed by atoms with E-state index < -0.39 is 17.7 Å². The Morgan fingerprint density at radius 1 is 1.03 bits per heavy atom. The molecular formula is C27H26N2O5. The number of amides is 1. The lowest BCUT2D eigenvalue weighted by molar-refractivity contribution is -0.132. The zero-order valence-corrected chi connectivity index (χ0v) is 19.3. The lowest BCUT2D eigenvalue weighted by Gasteiger charge is -2.26. The Hall–Kier alpha value is -4.13. The molecule has 1 aromatic heterocycles. The Morgan fingerprint density at radius 2 is 1.74 bits per heavy atom. The molecule has 1 saturated heterocycles. The van der Waals surface area contributed by atoms with E-state index in [9.17, 15) is 14.7 Å². The van der Waals surface area contributed by atoms with Crippen molar-refractivity contribution in [2.24, 2.45) is 5.92 Å². The molecular weight excluding hydrogens is 432 g/mol. The third-order valence-corrected chi connectivity index (χ3v) is 5.51. The number of rotatable bonds is 7. The van der Waals surface area contributed by atoms with Crippen molar-refractivity contribution in [3.63, 3.8) is 0 Å². The van der Waals surface area contributed by atoms with E-state index in [2.05, 4.69) is 18.8 Å². The molecule has 0 aliphatic carbocycles. The summed E-state index contributed by atoms with van der Waals surface area (Å²) in [5.74, 6) is -0.124. The van der Waals surface area contributed by atoms with E-state index in [0.717, 1.165) is 0 Å². The summed E-state index contributed by atoms with van der Waals surface area (Å²) in [6.07, 6.45) is 3.03. The van der Waals surface area contributed by atoms with E-state index >= 15 is 0 Å². The molecule has 7 heteroatoms. The number of ketones is 1. The molecule has 1 unspecified atom stereocenters. The molecule has 1 atom stereocenters. The van der Waals surface area contributed by atoms with Gasteiger partial charge in [0.1, 0.15) is 17.3 Å². The topological polar surface area (TPSA) is 89.0 Å². The number of hydrogen-bond donors (Lipinski definition) is 1. The summed E-state index contributed by atoms with van der Waals surface area (Å²) < 4.78 is 11.1. The van der Waals surface area contributed by atoms with Gasteiger partial charge in [-0.3, -0.25) is 19.5 Å². The number of carbonyl (C=O) groups is 2. The minimum absolute atomic E-state index is 0.00425. The number of anilines is 1. The van der Waals surface area contributed by atoms with Crippen molar-refractivity contribution in [3.8, 4) is 11.5 Å². The van der Waals surface area contributed by atoms with Gasteiger partial charge in [0.25, 0.3) is 11.7 Å². The molecule has 1 amide bonds. The summed E-state index contributed by atoms with van der Waals surface area (Å²) in [6, 6.07) is 16.5. The normalized spacial score (nSPS) is 17.3. The summed E-state index contributed by atoms with van der Waals surface area (Å²) in [5, 5.41) is 11.1. The van der Waals surface area contributed by atoms with Crippen LogP contribution in [0.1, 0.15) is 31.0 Å². The summed E-state index contributed by atoms with van der Waals surface area (Å²) in [6.45, 7) is 4.69. The van der Waals surface area contributed by atoms with Crippen molar-refractivity contribution in [2.45, 2.75) is 19.9 Å². The van der Waals surface area contributed by atoms with E-state index in [1.54, 1.807) is 67.8 Å². The van der Waals surface area contributed by atoms with Crippen LogP contribution in [-0.4, -0.2) is 35.5 Å². The lowest BCUT2D eigenvalue weighted by atomic mass is 9.95. The third-order valence-electron chi connectivity index (χ3n) is 5.51. The van der Waals surface area contributed by atoms with Crippen molar-refractivity contribution in [2.75, 3.05) is 18.6 Å². The van der Waals surface area contributed by atoms with Crippen LogP contribution in [0.3, 0.4) is 0 Å². The molecule has 0 saturated carbocycles. The first-order valence-corrected chi connectivity index (χ1v) is 11.0. The Morgan fingerprint density at radius 3 is 2.38 bits per heavy atom. The third kappa shape index (κ3) is 4.50. The van der Waals surface area contributed by atoms with Gasteiger partial charge in [-0.25, -0.2) is 0 Å². The molecule has 4 rings (SSSR count). The number of hydrogen-bond acceptors (Lipinski definition) is 6. The number of nitrogens with zero attached hydrogens (tertiary/aromatic N) is 2. The molecule has 2 aromatic carbocycles. The maximum Gasteiger partial charge on any atom is 0.300 e. The fraction of sp³-hybridized carbons (Fsp3) is 0.222. The van der Waals surface area contributed by atoms with Gasteiger partial charge in [-0.15, -0.1) is 0 Å². The summed E-state index contributed by atoms with van der Waals surface area (Å²) in [7, 11) is 1.54. The number of methoxy groups -OCH3 is 1. The SMILES string of the molecule is COc1cccc(C2/C(=C(/O)c3ccncc3)C(=O)C(=O)N2c2ccc(OCC(C)C)cc2)c1. The van der Waals surface area contributed by atoms with E-state index in [4.69, 9.17) is 9.47 Å². The van der Waals surface area contributed by atoms with Gasteiger partial charge in [0.2, 0.25) is 0 Å². The molecule has 0 spiro atoms. The second-order valence-electron chi connectivity index (χ2n) is 8.38. The fourth-order valence-corrected chi connectivity index (χ4v) is 3.86. The first kappa shape index (κ1) is 23.0. The van der Waals surface area contributed by atoms with Gasteiger partial charge in [-0.05, 0) is 60.0 Å². The highest BCUT2D eigenvalue weighted by Gasteiger charge is 2.47. The smallest absolute Gasteiger partial charge is 0.300 e. The van der Waals surface area contributed by atoms with Gasteiger partial charge in [0.05, 0.1) is 25.3 Å². The van der Waals surface area contributed by atoms with Gasteiger partial charge >= 0.3 is 0 Å². The van der Waals surface area contributed by atoms with Crippen molar-refractivity contribution in [3.05, 3.63) is 89.8 Å². The van der Waals surface area contributed by atoms with Crippen LogP contribution in [0.4, 0.5) is 5.69 Å². The van der Waals surface area contributed by atoms with Gasteiger partial charge < -0.3 is 14.6 Å². The second-order valence-corrected chi connectivity index (χ2v) is 8.38. The highest BCUT2D eigenvalue weighted by Crippen LogP contribution is 2.43. The Labute approximate surface area is 198 Å². The van der Waals surface area contributed by atoms with E-state index in [1.807, 2.05) is 0 Å². The maximum absolute atomic E-state index is 13.2. The van der Waals surface area contributed by atoms with Gasteiger partial charge in [0.15, 0.2) is 0 Å². The molecule has 2 heterocycles. The van der Waals surface area contributed by atoms with E-state index in [-0.39, 0.29) is 11.3 Å². The predicted molar refractivity (Wildman–Crippen MR) is 129 cm³/mol. The van der Waals surface area contributed by atoms with Crippen LogP contribution in [-0.2, 0) is 9.59 Å². The number of benzene rings is 2. The molecule has 0 bridgehead atoms. The number of Topliss-reactive ketones (excluding diaryl/α,β-unsaturated/α-hetero) is 1. The number of aromatic nitrogens is 1. The number of ether oxygens (including phenoxy) is 2. The van der Waals surface area contributed by atoms with Crippen LogP contribution in [0.25, 0.3) is 5.76 Å². The van der Waals surface area contributed by atoms with Crippen molar-refractivity contribution >= 4 is 23.1 Å². The quantitative estimate of drug-likeness (QED) is 0.312. The molecule has 1 aliphatic heterocycles. The summed E-state index contributed by atoms with van der Waals surface area (Å²) in [4.78, 5) is 31.8. The summed E-state index contributed by atoms with van der Waals surface area (Å²) in [5.41, 5.74) is 1.55. The van der Waals surface area contributed by atoms with Gasteiger partial charge in [0, 0.05) is 23.6 Å². The largest absolute Gasteiger partial charge is 0.507 e. The average molecular weight is 459 g/mol. The van der Waals surface area contributed by atoms with Gasteiger partial charge in [-0.2, -0.15) is 0 Å². The molecule has 1 N–H and O–H groups in total. The van der Waals surface area contributed by atoms with E-state index in [1.165, 1.54) is 17.3 Å². The van der Waals surface area contributed by atoms with Crippen LogP contribution in [0, 0.1) is 5.92 Å². The van der Waals surface area contributed by atoms with Crippen molar-refractivity contribution in [1.82, 2.24) is 4.98 Å². The molecule has 3 aromatic rings. The Kier molecular flexibility index (Phi) is 6.63. The second kappa shape index (κ2) is 9.79. The minimum Gasteiger partial charge on any atom is -0.507 e. The lowest BCUT2D eigenvalue weighted by Crippen LogP contribution is -2.29. The predicted octanol–water partition coefficient (Wildman–Crippen LogP) is 4.75. The van der Waals surface area contributed by atoms with Crippen molar-refractivity contribution in [1.29, 1.82) is 0 Å². The molecule has 1 aliphatic rings. The standard InChI is InChI=1S/C27H26N2O5/c1-17(2)16-34-21-9-7-20(8-10-21)29-24(19-5-4-6-22(15-19)33-3)23(26(31)27(29)32)25(30)18-11-13-28-14-12-18/h4-15,17,24,30H,16H2,1-3H3/b25-23-. The maximum atomic E-state index is 13.2. The number of carbonyl (C=O) groups excluding carboxylic acids is 2. The Bertz CT molecular complexity index is 1220. The fourth-order valence-electron chi connectivity index (χ4n) is 3.86. The van der Waals surface area contributed by atoms with Gasteiger partial charge in [-0.1, -0.05) is 26.0 Å². The first-order valence-electron chi connectivity index (χ1n) is 11.0. The van der Waals surface area contributed by atoms with Crippen LogP contribution in [0.5, 0.6) is 11.5 Å². The molecule has 7 nitrogen and oxygen atoms in total. The zero-order chi connectivity index (χ0) is 24.2. The molecule has 1 fully saturated rings.